The fourth-order valence-corrected chi connectivity index (χ4v) is 1.43. The monoisotopic (exact) mass is 207 g/mol. The van der Waals surface area contributed by atoms with E-state index in [9.17, 15) is 4.79 Å². The lowest BCUT2D eigenvalue weighted by Gasteiger charge is -2.20. The molecule has 0 atom stereocenters. The Hall–Kier alpha value is -1.45. The van der Waals surface area contributed by atoms with E-state index < -0.39 is 0 Å². The van der Waals surface area contributed by atoms with Crippen LogP contribution in [-0.2, 0) is 0 Å². The molecule has 1 rings (SSSR count). The summed E-state index contributed by atoms with van der Waals surface area (Å²) in [5.41, 5.74) is 0.430. The summed E-state index contributed by atoms with van der Waals surface area (Å²) in [4.78, 5) is 21.7. The first kappa shape index (κ1) is 11.6. The van der Waals surface area contributed by atoms with Gasteiger partial charge < -0.3 is 4.90 Å². The number of hydrogen-bond acceptors (Lipinski definition) is 3. The third-order valence-electron chi connectivity index (χ3n) is 2.06. The van der Waals surface area contributed by atoms with Crippen LogP contribution in [0.4, 0.5) is 0 Å². The van der Waals surface area contributed by atoms with Crippen molar-refractivity contribution in [3.8, 4) is 0 Å². The van der Waals surface area contributed by atoms with Gasteiger partial charge in [-0.2, -0.15) is 0 Å². The fourth-order valence-electron chi connectivity index (χ4n) is 1.43. The topological polar surface area (TPSA) is 46.1 Å². The zero-order valence-electron chi connectivity index (χ0n) is 9.31. The normalized spacial score (nSPS) is 10.0. The molecule has 0 aromatic carbocycles. The van der Waals surface area contributed by atoms with Gasteiger partial charge in [0.05, 0.1) is 6.20 Å². The lowest BCUT2D eigenvalue weighted by atomic mass is 10.3. The molecule has 0 aliphatic carbocycles. The van der Waals surface area contributed by atoms with Crippen LogP contribution in [-0.4, -0.2) is 33.9 Å². The number of amides is 1. The Morgan fingerprint density at radius 2 is 1.93 bits per heavy atom. The average molecular weight is 207 g/mol. The van der Waals surface area contributed by atoms with E-state index in [1.165, 1.54) is 6.20 Å². The summed E-state index contributed by atoms with van der Waals surface area (Å²) in [5, 5.41) is 0. The third kappa shape index (κ3) is 3.31. The summed E-state index contributed by atoms with van der Waals surface area (Å²) < 4.78 is 0. The van der Waals surface area contributed by atoms with E-state index in [-0.39, 0.29) is 5.91 Å². The second-order valence-corrected chi connectivity index (χ2v) is 3.38. The standard InChI is InChI=1S/C11H17N3O/c1-3-7-14(8-4-2)11(15)10-9-12-5-6-13-10/h5-6,9H,3-4,7-8H2,1-2H3. The molecule has 0 saturated heterocycles. The molecule has 0 aliphatic heterocycles. The van der Waals surface area contributed by atoms with E-state index in [4.69, 9.17) is 0 Å². The van der Waals surface area contributed by atoms with Gasteiger partial charge in [0.1, 0.15) is 5.69 Å². The van der Waals surface area contributed by atoms with Crippen molar-refractivity contribution in [1.29, 1.82) is 0 Å². The average Bonchev–Trinajstić information content (AvgIpc) is 2.29. The van der Waals surface area contributed by atoms with Gasteiger partial charge in [-0.25, -0.2) is 4.98 Å². The van der Waals surface area contributed by atoms with Crippen LogP contribution < -0.4 is 0 Å². The maximum Gasteiger partial charge on any atom is 0.274 e. The molecule has 0 radical (unpaired) electrons. The van der Waals surface area contributed by atoms with Gasteiger partial charge in [-0.3, -0.25) is 9.78 Å². The highest BCUT2D eigenvalue weighted by molar-refractivity contribution is 5.91. The van der Waals surface area contributed by atoms with Gasteiger partial charge in [-0.1, -0.05) is 13.8 Å². The van der Waals surface area contributed by atoms with E-state index >= 15 is 0 Å². The van der Waals surface area contributed by atoms with Crippen LogP contribution in [0.2, 0.25) is 0 Å². The summed E-state index contributed by atoms with van der Waals surface area (Å²) >= 11 is 0. The Morgan fingerprint density at radius 1 is 1.27 bits per heavy atom. The van der Waals surface area contributed by atoms with Crippen molar-refractivity contribution in [2.24, 2.45) is 0 Å². The highest BCUT2D eigenvalue weighted by Gasteiger charge is 2.14. The molecule has 0 saturated carbocycles. The van der Waals surface area contributed by atoms with Crippen molar-refractivity contribution in [2.75, 3.05) is 13.1 Å². The highest BCUT2D eigenvalue weighted by Crippen LogP contribution is 2.02. The smallest absolute Gasteiger partial charge is 0.274 e. The number of hydrogen-bond donors (Lipinski definition) is 0. The number of nitrogens with zero attached hydrogens (tertiary/aromatic N) is 3. The quantitative estimate of drug-likeness (QED) is 0.738. The van der Waals surface area contributed by atoms with Gasteiger partial charge in [0, 0.05) is 25.5 Å². The Morgan fingerprint density at radius 3 is 2.40 bits per heavy atom. The van der Waals surface area contributed by atoms with Crippen LogP contribution in [0.5, 0.6) is 0 Å². The van der Waals surface area contributed by atoms with Gasteiger partial charge in [0.15, 0.2) is 0 Å². The first-order chi connectivity index (χ1) is 7.29. The predicted molar refractivity (Wildman–Crippen MR) is 58.5 cm³/mol. The van der Waals surface area contributed by atoms with Crippen molar-refractivity contribution >= 4 is 5.91 Å². The lowest BCUT2D eigenvalue weighted by molar-refractivity contribution is 0.0749. The number of carbonyl (C=O) groups is 1. The van der Waals surface area contributed by atoms with Gasteiger partial charge in [0.25, 0.3) is 5.91 Å². The summed E-state index contributed by atoms with van der Waals surface area (Å²) in [5.74, 6) is -0.0215. The van der Waals surface area contributed by atoms with Crippen LogP contribution in [0.3, 0.4) is 0 Å². The first-order valence-corrected chi connectivity index (χ1v) is 5.34. The zero-order chi connectivity index (χ0) is 11.1. The van der Waals surface area contributed by atoms with Crippen molar-refractivity contribution < 1.29 is 4.79 Å². The number of aromatic nitrogens is 2. The molecule has 0 N–H and O–H groups in total. The molecule has 1 amide bonds. The maximum absolute atomic E-state index is 11.9. The summed E-state index contributed by atoms with van der Waals surface area (Å²) in [6, 6.07) is 0. The second-order valence-electron chi connectivity index (χ2n) is 3.38. The Bertz CT molecular complexity index is 294. The number of carbonyl (C=O) groups excluding carboxylic acids is 1. The molecule has 0 aliphatic rings. The van der Waals surface area contributed by atoms with E-state index in [0.29, 0.717) is 5.69 Å². The molecule has 1 aromatic heterocycles. The molecule has 0 bridgehead atoms. The minimum atomic E-state index is -0.0215. The second kappa shape index (κ2) is 6.11. The van der Waals surface area contributed by atoms with Crippen LogP contribution in [0.25, 0.3) is 0 Å². The minimum absolute atomic E-state index is 0.0215. The van der Waals surface area contributed by atoms with Crippen molar-refractivity contribution in [3.63, 3.8) is 0 Å². The summed E-state index contributed by atoms with van der Waals surface area (Å²) in [6.45, 7) is 5.69. The number of rotatable bonds is 5. The molecule has 0 fully saturated rings. The SMILES string of the molecule is CCCN(CCC)C(=O)c1cnccn1. The molecule has 15 heavy (non-hydrogen) atoms. The molecule has 4 heteroatoms. The van der Waals surface area contributed by atoms with Crippen LogP contribution in [0, 0.1) is 0 Å². The summed E-state index contributed by atoms with van der Waals surface area (Å²) in [6.07, 6.45) is 6.56. The Balaban J connectivity index is 2.71. The van der Waals surface area contributed by atoms with Crippen LogP contribution >= 0.6 is 0 Å². The predicted octanol–water partition coefficient (Wildman–Crippen LogP) is 1.74. The fraction of sp³-hybridized carbons (Fsp3) is 0.545. The molecule has 82 valence electrons. The molecule has 0 unspecified atom stereocenters. The molecule has 0 spiro atoms. The lowest BCUT2D eigenvalue weighted by Crippen LogP contribution is -2.33. The van der Waals surface area contributed by atoms with E-state index in [1.807, 2.05) is 4.90 Å². The van der Waals surface area contributed by atoms with Gasteiger partial charge >= 0.3 is 0 Å². The molecule has 4 nitrogen and oxygen atoms in total. The largest absolute Gasteiger partial charge is 0.337 e. The minimum Gasteiger partial charge on any atom is -0.337 e. The van der Waals surface area contributed by atoms with Crippen molar-refractivity contribution in [3.05, 3.63) is 24.3 Å². The highest BCUT2D eigenvalue weighted by atomic mass is 16.2. The van der Waals surface area contributed by atoms with Gasteiger partial charge in [-0.05, 0) is 12.8 Å². The molecular weight excluding hydrogens is 190 g/mol. The van der Waals surface area contributed by atoms with E-state index in [0.717, 1.165) is 25.9 Å². The maximum atomic E-state index is 11.9. The molecule has 1 aromatic rings. The van der Waals surface area contributed by atoms with Gasteiger partial charge in [0.2, 0.25) is 0 Å². The Labute approximate surface area is 90.3 Å². The molecule has 1 heterocycles. The van der Waals surface area contributed by atoms with Crippen LogP contribution in [0.1, 0.15) is 37.2 Å². The first-order valence-electron chi connectivity index (χ1n) is 5.34. The van der Waals surface area contributed by atoms with Crippen molar-refractivity contribution in [1.82, 2.24) is 14.9 Å². The Kier molecular flexibility index (Phi) is 4.74. The van der Waals surface area contributed by atoms with E-state index in [2.05, 4.69) is 23.8 Å². The zero-order valence-corrected chi connectivity index (χ0v) is 9.31. The van der Waals surface area contributed by atoms with Gasteiger partial charge in [-0.15, -0.1) is 0 Å². The third-order valence-corrected chi connectivity index (χ3v) is 2.06. The van der Waals surface area contributed by atoms with E-state index in [1.54, 1.807) is 12.4 Å². The van der Waals surface area contributed by atoms with Crippen molar-refractivity contribution in [2.45, 2.75) is 26.7 Å². The summed E-state index contributed by atoms with van der Waals surface area (Å²) in [7, 11) is 0. The molecular formula is C11H17N3O. The van der Waals surface area contributed by atoms with Crippen LogP contribution in [0.15, 0.2) is 18.6 Å².